The van der Waals surface area contributed by atoms with Gasteiger partial charge in [-0.05, 0) is 36.5 Å². The number of fused-ring (bicyclic) bond motifs is 1. The third kappa shape index (κ3) is 3.95. The van der Waals surface area contributed by atoms with Gasteiger partial charge in [0.15, 0.2) is 0 Å². The van der Waals surface area contributed by atoms with Gasteiger partial charge in [-0.25, -0.2) is 0 Å². The summed E-state index contributed by atoms with van der Waals surface area (Å²) in [6.45, 7) is 3.40. The van der Waals surface area contributed by atoms with Crippen LogP contribution < -0.4 is 10.5 Å². The summed E-state index contributed by atoms with van der Waals surface area (Å²) >= 11 is 0. The normalized spacial score (nSPS) is 18.9. The van der Waals surface area contributed by atoms with Crippen molar-refractivity contribution < 1.29 is 14.6 Å². The number of aliphatic hydroxyl groups is 1. The van der Waals surface area contributed by atoms with E-state index in [0.717, 1.165) is 31.4 Å². The molecular weight excluding hydrogens is 254 g/mol. The number of hydrogen-bond donors (Lipinski definition) is 2. The Bertz CT molecular complexity index is 422. The molecule has 2 atom stereocenters. The molecule has 0 radical (unpaired) electrons. The number of benzene rings is 1. The Morgan fingerprint density at radius 2 is 2.25 bits per heavy atom. The van der Waals surface area contributed by atoms with Gasteiger partial charge in [-0.3, -0.25) is 0 Å². The fourth-order valence-electron chi connectivity index (χ4n) is 2.49. The maximum Gasteiger partial charge on any atom is 0.122 e. The summed E-state index contributed by atoms with van der Waals surface area (Å²) in [7, 11) is 0. The van der Waals surface area contributed by atoms with Crippen LogP contribution >= 0.6 is 0 Å². The van der Waals surface area contributed by atoms with Crippen LogP contribution in [-0.4, -0.2) is 31.0 Å². The van der Waals surface area contributed by atoms with E-state index in [2.05, 4.69) is 13.0 Å². The van der Waals surface area contributed by atoms with Crippen molar-refractivity contribution >= 4 is 0 Å². The summed E-state index contributed by atoms with van der Waals surface area (Å²) in [5, 5.41) is 9.84. The van der Waals surface area contributed by atoms with Crippen molar-refractivity contribution in [2.24, 2.45) is 5.73 Å². The van der Waals surface area contributed by atoms with E-state index in [-0.39, 0.29) is 12.6 Å². The highest BCUT2D eigenvalue weighted by atomic mass is 16.5. The van der Waals surface area contributed by atoms with Gasteiger partial charge in [0.25, 0.3) is 0 Å². The molecule has 0 bridgehead atoms. The quantitative estimate of drug-likeness (QED) is 0.716. The molecule has 112 valence electrons. The van der Waals surface area contributed by atoms with Gasteiger partial charge in [0.05, 0.1) is 6.61 Å². The third-order valence-electron chi connectivity index (χ3n) is 3.66. The highest BCUT2D eigenvalue weighted by molar-refractivity contribution is 5.44. The lowest BCUT2D eigenvalue weighted by molar-refractivity contribution is 0.0111. The summed E-state index contributed by atoms with van der Waals surface area (Å²) < 4.78 is 11.1. The molecule has 4 heteroatoms. The standard InChI is InChI=1S/C16H25NO3/c1-2-3-9-19-10-12(18)11-20-16-6-4-5-13-14(16)7-8-15(13)17/h4-6,12,15,18H,2-3,7-11,17H2,1H3. The first-order valence-electron chi connectivity index (χ1n) is 7.48. The van der Waals surface area contributed by atoms with Crippen molar-refractivity contribution in [3.63, 3.8) is 0 Å². The number of unbranched alkanes of at least 4 members (excludes halogenated alkanes) is 1. The Morgan fingerprint density at radius 1 is 1.40 bits per heavy atom. The zero-order valence-corrected chi connectivity index (χ0v) is 12.2. The molecule has 0 saturated heterocycles. The summed E-state index contributed by atoms with van der Waals surface area (Å²) in [6, 6.07) is 6.09. The molecule has 2 rings (SSSR count). The third-order valence-corrected chi connectivity index (χ3v) is 3.66. The Labute approximate surface area is 120 Å². The van der Waals surface area contributed by atoms with Crippen LogP contribution in [0.4, 0.5) is 0 Å². The minimum atomic E-state index is -0.585. The number of aliphatic hydroxyl groups excluding tert-OH is 1. The lowest BCUT2D eigenvalue weighted by Crippen LogP contribution is -2.24. The predicted molar refractivity (Wildman–Crippen MR) is 78.9 cm³/mol. The fraction of sp³-hybridized carbons (Fsp3) is 0.625. The van der Waals surface area contributed by atoms with Gasteiger partial charge >= 0.3 is 0 Å². The van der Waals surface area contributed by atoms with Crippen molar-refractivity contribution in [1.82, 2.24) is 0 Å². The van der Waals surface area contributed by atoms with Crippen molar-refractivity contribution in [1.29, 1.82) is 0 Å². The van der Waals surface area contributed by atoms with Crippen LogP contribution in [0.25, 0.3) is 0 Å². The van der Waals surface area contributed by atoms with Crippen LogP contribution in [0, 0.1) is 0 Å². The second-order valence-corrected chi connectivity index (χ2v) is 5.36. The van der Waals surface area contributed by atoms with Crippen molar-refractivity contribution in [3.05, 3.63) is 29.3 Å². The van der Waals surface area contributed by atoms with Gasteiger partial charge in [-0.2, -0.15) is 0 Å². The SMILES string of the molecule is CCCCOCC(O)COc1cccc2c1CCC2N. The van der Waals surface area contributed by atoms with E-state index >= 15 is 0 Å². The monoisotopic (exact) mass is 279 g/mol. The first-order valence-corrected chi connectivity index (χ1v) is 7.48. The fourth-order valence-corrected chi connectivity index (χ4v) is 2.49. The molecule has 0 aliphatic heterocycles. The summed E-state index contributed by atoms with van der Waals surface area (Å²) in [6.07, 6.45) is 3.47. The van der Waals surface area contributed by atoms with Gasteiger partial charge in [0.2, 0.25) is 0 Å². The molecule has 1 aromatic rings. The predicted octanol–water partition coefficient (Wildman–Crippen LogP) is 2.19. The summed E-state index contributed by atoms with van der Waals surface area (Å²) in [5.74, 6) is 0.850. The zero-order chi connectivity index (χ0) is 14.4. The van der Waals surface area contributed by atoms with Gasteiger partial charge in [0.1, 0.15) is 18.5 Å². The number of nitrogens with two attached hydrogens (primary N) is 1. The van der Waals surface area contributed by atoms with Crippen molar-refractivity contribution in [2.75, 3.05) is 19.8 Å². The lowest BCUT2D eigenvalue weighted by atomic mass is 10.1. The highest BCUT2D eigenvalue weighted by Crippen LogP contribution is 2.35. The van der Waals surface area contributed by atoms with Gasteiger partial charge in [-0.15, -0.1) is 0 Å². The zero-order valence-electron chi connectivity index (χ0n) is 12.2. The Hall–Kier alpha value is -1.10. The average molecular weight is 279 g/mol. The largest absolute Gasteiger partial charge is 0.491 e. The van der Waals surface area contributed by atoms with Crippen LogP contribution in [-0.2, 0) is 11.2 Å². The van der Waals surface area contributed by atoms with Crippen LogP contribution in [0.3, 0.4) is 0 Å². The van der Waals surface area contributed by atoms with E-state index in [4.69, 9.17) is 15.2 Å². The molecule has 0 fully saturated rings. The van der Waals surface area contributed by atoms with E-state index in [1.54, 1.807) is 0 Å². The van der Waals surface area contributed by atoms with Crippen LogP contribution in [0.1, 0.15) is 43.4 Å². The molecule has 20 heavy (non-hydrogen) atoms. The van der Waals surface area contributed by atoms with Gasteiger partial charge in [-0.1, -0.05) is 25.5 Å². The van der Waals surface area contributed by atoms with Gasteiger partial charge in [0, 0.05) is 12.6 Å². The van der Waals surface area contributed by atoms with E-state index < -0.39 is 6.10 Å². The molecule has 3 N–H and O–H groups in total. The van der Waals surface area contributed by atoms with Crippen LogP contribution in [0.15, 0.2) is 18.2 Å². The molecule has 1 aromatic carbocycles. The lowest BCUT2D eigenvalue weighted by Gasteiger charge is -2.15. The maximum absolute atomic E-state index is 9.84. The minimum Gasteiger partial charge on any atom is -0.491 e. The molecule has 1 aliphatic rings. The van der Waals surface area contributed by atoms with Crippen molar-refractivity contribution in [2.45, 2.75) is 44.8 Å². The van der Waals surface area contributed by atoms with Crippen LogP contribution in [0.2, 0.25) is 0 Å². The van der Waals surface area contributed by atoms with Crippen molar-refractivity contribution in [3.8, 4) is 5.75 Å². The van der Waals surface area contributed by atoms with E-state index in [1.165, 1.54) is 11.1 Å². The Kier molecular flexibility index (Phi) is 5.83. The number of hydrogen-bond acceptors (Lipinski definition) is 4. The van der Waals surface area contributed by atoms with Gasteiger partial charge < -0.3 is 20.3 Å². The maximum atomic E-state index is 9.84. The van der Waals surface area contributed by atoms with Crippen LogP contribution in [0.5, 0.6) is 5.75 Å². The molecule has 0 aromatic heterocycles. The molecule has 0 spiro atoms. The molecule has 4 nitrogen and oxygen atoms in total. The molecular formula is C16H25NO3. The minimum absolute atomic E-state index is 0.121. The second kappa shape index (κ2) is 7.62. The topological polar surface area (TPSA) is 64.7 Å². The Balaban J connectivity index is 1.80. The molecule has 0 amide bonds. The second-order valence-electron chi connectivity index (χ2n) is 5.36. The van der Waals surface area contributed by atoms with E-state index in [1.807, 2.05) is 12.1 Å². The van der Waals surface area contributed by atoms with E-state index in [0.29, 0.717) is 13.2 Å². The Morgan fingerprint density at radius 3 is 3.05 bits per heavy atom. The molecule has 2 unspecified atom stereocenters. The summed E-state index contributed by atoms with van der Waals surface area (Å²) in [4.78, 5) is 0. The molecule has 1 aliphatic carbocycles. The first kappa shape index (κ1) is 15.3. The number of ether oxygens (including phenoxy) is 2. The smallest absolute Gasteiger partial charge is 0.122 e. The molecule has 0 heterocycles. The van der Waals surface area contributed by atoms with E-state index in [9.17, 15) is 5.11 Å². The molecule has 0 saturated carbocycles. The first-order chi connectivity index (χ1) is 9.72. The summed E-state index contributed by atoms with van der Waals surface area (Å²) in [5.41, 5.74) is 8.41. The highest BCUT2D eigenvalue weighted by Gasteiger charge is 2.22. The number of rotatable bonds is 8. The average Bonchev–Trinajstić information content (AvgIpc) is 2.84.